The Hall–Kier alpha value is -3.12. The fourth-order valence-corrected chi connectivity index (χ4v) is 1.76. The fourth-order valence-electron chi connectivity index (χ4n) is 1.76. The number of hydrogen-bond donors (Lipinski definition) is 2. The molecule has 2 aromatic rings. The van der Waals surface area contributed by atoms with Crippen LogP contribution in [0.5, 0.6) is 11.5 Å². The second-order valence-electron chi connectivity index (χ2n) is 4.53. The first kappa shape index (κ1) is 16.3. The van der Waals surface area contributed by atoms with Crippen LogP contribution in [0.4, 0.5) is 0 Å². The Balaban J connectivity index is 2.00. The van der Waals surface area contributed by atoms with Gasteiger partial charge in [-0.2, -0.15) is 0 Å². The highest BCUT2D eigenvalue weighted by molar-refractivity contribution is 5.92. The van der Waals surface area contributed by atoms with Gasteiger partial charge in [-0.05, 0) is 48.0 Å². The van der Waals surface area contributed by atoms with Gasteiger partial charge in [0.2, 0.25) is 0 Å². The third-order valence-electron chi connectivity index (χ3n) is 2.99. The molecule has 2 aromatic carbocycles. The van der Waals surface area contributed by atoms with Crippen molar-refractivity contribution in [2.24, 2.45) is 5.84 Å². The maximum atomic E-state index is 12.0. The molecule has 6 nitrogen and oxygen atoms in total. The van der Waals surface area contributed by atoms with E-state index in [-0.39, 0.29) is 0 Å². The number of carbonyl (C=O) groups is 2. The van der Waals surface area contributed by atoms with Crippen LogP contribution < -0.4 is 20.7 Å². The van der Waals surface area contributed by atoms with Gasteiger partial charge in [0.25, 0.3) is 5.91 Å². The van der Waals surface area contributed by atoms with Gasteiger partial charge < -0.3 is 9.47 Å². The molecule has 0 radical (unpaired) electrons. The van der Waals surface area contributed by atoms with Gasteiger partial charge in [-0.1, -0.05) is 12.1 Å². The molecule has 0 unspecified atom stereocenters. The van der Waals surface area contributed by atoms with E-state index in [9.17, 15) is 9.59 Å². The van der Waals surface area contributed by atoms with Crippen molar-refractivity contribution in [1.29, 1.82) is 0 Å². The number of hydrogen-bond acceptors (Lipinski definition) is 5. The summed E-state index contributed by atoms with van der Waals surface area (Å²) in [5.74, 6) is 5.18. The summed E-state index contributed by atoms with van der Waals surface area (Å²) >= 11 is 0. The molecule has 0 fully saturated rings. The lowest BCUT2D eigenvalue weighted by Crippen LogP contribution is -2.27. The molecule has 0 bridgehead atoms. The van der Waals surface area contributed by atoms with Crippen LogP contribution in [0.1, 0.15) is 15.9 Å². The van der Waals surface area contributed by atoms with Gasteiger partial charge >= 0.3 is 5.97 Å². The number of carbonyl (C=O) groups excluding carboxylic acids is 2. The van der Waals surface area contributed by atoms with Gasteiger partial charge in [-0.3, -0.25) is 10.2 Å². The standard InChI is InChI=1S/C17H16N2O4/c1-22-14-9-5-13(6-10-14)17(21)23-15-7-2-12(3-8-15)4-11-16(20)19-18/h2-11H,18H2,1H3,(H,19,20)/b11-4+. The van der Waals surface area contributed by atoms with E-state index >= 15 is 0 Å². The minimum atomic E-state index is -0.460. The van der Waals surface area contributed by atoms with E-state index in [0.29, 0.717) is 17.1 Å². The van der Waals surface area contributed by atoms with E-state index < -0.39 is 11.9 Å². The molecule has 0 saturated heterocycles. The highest BCUT2D eigenvalue weighted by atomic mass is 16.5. The van der Waals surface area contributed by atoms with Crippen molar-refractivity contribution >= 4 is 18.0 Å². The zero-order valence-corrected chi connectivity index (χ0v) is 12.5. The SMILES string of the molecule is COc1ccc(C(=O)Oc2ccc(/C=C/C(=O)NN)cc2)cc1. The fraction of sp³-hybridized carbons (Fsp3) is 0.0588. The lowest BCUT2D eigenvalue weighted by molar-refractivity contribution is -0.116. The van der Waals surface area contributed by atoms with Gasteiger partial charge in [-0.15, -0.1) is 0 Å². The summed E-state index contributed by atoms with van der Waals surface area (Å²) in [6.07, 6.45) is 2.90. The maximum Gasteiger partial charge on any atom is 0.343 e. The van der Waals surface area contributed by atoms with Crippen molar-refractivity contribution in [3.8, 4) is 11.5 Å². The molecule has 0 aromatic heterocycles. The number of ether oxygens (including phenoxy) is 2. The minimum absolute atomic E-state index is 0.403. The van der Waals surface area contributed by atoms with E-state index in [1.165, 1.54) is 6.08 Å². The van der Waals surface area contributed by atoms with Crippen LogP contribution in [-0.2, 0) is 4.79 Å². The second kappa shape index (κ2) is 7.77. The number of nitrogens with one attached hydrogen (secondary N) is 1. The monoisotopic (exact) mass is 312 g/mol. The number of benzene rings is 2. The highest BCUT2D eigenvalue weighted by Crippen LogP contribution is 2.17. The normalized spacial score (nSPS) is 10.3. The number of methoxy groups -OCH3 is 1. The van der Waals surface area contributed by atoms with Crippen LogP contribution in [0, 0.1) is 0 Å². The lowest BCUT2D eigenvalue weighted by Gasteiger charge is -2.05. The molecule has 118 valence electrons. The first-order valence-electron chi connectivity index (χ1n) is 6.77. The van der Waals surface area contributed by atoms with Crippen molar-refractivity contribution in [1.82, 2.24) is 5.43 Å². The molecule has 2 rings (SSSR count). The lowest BCUT2D eigenvalue weighted by atomic mass is 10.2. The second-order valence-corrected chi connectivity index (χ2v) is 4.53. The minimum Gasteiger partial charge on any atom is -0.497 e. The Morgan fingerprint density at radius 2 is 1.61 bits per heavy atom. The number of amides is 1. The predicted molar refractivity (Wildman–Crippen MR) is 85.8 cm³/mol. The first-order valence-corrected chi connectivity index (χ1v) is 6.77. The highest BCUT2D eigenvalue weighted by Gasteiger charge is 2.08. The molecule has 23 heavy (non-hydrogen) atoms. The average molecular weight is 312 g/mol. The van der Waals surface area contributed by atoms with Crippen LogP contribution in [0.3, 0.4) is 0 Å². The average Bonchev–Trinajstić information content (AvgIpc) is 2.60. The number of rotatable bonds is 5. The zero-order chi connectivity index (χ0) is 16.7. The van der Waals surface area contributed by atoms with Gasteiger partial charge in [0.05, 0.1) is 12.7 Å². The molecule has 0 aliphatic rings. The van der Waals surface area contributed by atoms with Gasteiger partial charge in [0.15, 0.2) is 0 Å². The number of hydrazine groups is 1. The third-order valence-corrected chi connectivity index (χ3v) is 2.99. The number of esters is 1. The molecule has 3 N–H and O–H groups in total. The number of nitrogens with two attached hydrogens (primary N) is 1. The van der Waals surface area contributed by atoms with E-state index in [1.54, 1.807) is 61.7 Å². The Morgan fingerprint density at radius 3 is 2.17 bits per heavy atom. The van der Waals surface area contributed by atoms with Crippen molar-refractivity contribution in [2.45, 2.75) is 0 Å². The molecule has 1 amide bonds. The Morgan fingerprint density at radius 1 is 1.00 bits per heavy atom. The summed E-state index contributed by atoms with van der Waals surface area (Å²) in [4.78, 5) is 23.0. The first-order chi connectivity index (χ1) is 11.1. The Kier molecular flexibility index (Phi) is 5.49. The quantitative estimate of drug-likeness (QED) is 0.220. The Bertz CT molecular complexity index is 706. The molecule has 6 heteroatoms. The van der Waals surface area contributed by atoms with Gasteiger partial charge in [0.1, 0.15) is 11.5 Å². The third kappa shape index (κ3) is 4.69. The van der Waals surface area contributed by atoms with Crippen LogP contribution in [-0.4, -0.2) is 19.0 Å². The molecule has 0 atom stereocenters. The summed E-state index contributed by atoms with van der Waals surface area (Å²) in [7, 11) is 1.56. The summed E-state index contributed by atoms with van der Waals surface area (Å²) in [6, 6.07) is 13.4. The topological polar surface area (TPSA) is 90.6 Å². The van der Waals surface area contributed by atoms with E-state index in [2.05, 4.69) is 0 Å². The van der Waals surface area contributed by atoms with Crippen molar-refractivity contribution in [3.05, 3.63) is 65.7 Å². The van der Waals surface area contributed by atoms with Crippen LogP contribution >= 0.6 is 0 Å². The smallest absolute Gasteiger partial charge is 0.343 e. The summed E-state index contributed by atoms with van der Waals surface area (Å²) < 4.78 is 10.3. The van der Waals surface area contributed by atoms with E-state index in [4.69, 9.17) is 15.3 Å². The van der Waals surface area contributed by atoms with Gasteiger partial charge in [0, 0.05) is 6.08 Å². The van der Waals surface area contributed by atoms with Crippen molar-refractivity contribution in [2.75, 3.05) is 7.11 Å². The zero-order valence-electron chi connectivity index (χ0n) is 12.5. The molecular formula is C17H16N2O4. The molecule has 0 saturated carbocycles. The largest absolute Gasteiger partial charge is 0.497 e. The van der Waals surface area contributed by atoms with Crippen molar-refractivity contribution in [3.63, 3.8) is 0 Å². The molecule has 0 aliphatic carbocycles. The molecule has 0 spiro atoms. The van der Waals surface area contributed by atoms with Crippen molar-refractivity contribution < 1.29 is 19.1 Å². The van der Waals surface area contributed by atoms with E-state index in [1.807, 2.05) is 5.43 Å². The molecule has 0 aliphatic heterocycles. The Labute approximate surface area is 133 Å². The summed E-state index contributed by atoms with van der Waals surface area (Å²) in [5, 5.41) is 0. The maximum absolute atomic E-state index is 12.0. The summed E-state index contributed by atoms with van der Waals surface area (Å²) in [5.41, 5.74) is 3.20. The summed E-state index contributed by atoms with van der Waals surface area (Å²) in [6.45, 7) is 0. The molecular weight excluding hydrogens is 296 g/mol. The molecule has 0 heterocycles. The predicted octanol–water partition coefficient (Wildman–Crippen LogP) is 1.92. The van der Waals surface area contributed by atoms with Crippen LogP contribution in [0.2, 0.25) is 0 Å². The van der Waals surface area contributed by atoms with Crippen LogP contribution in [0.15, 0.2) is 54.6 Å². The van der Waals surface area contributed by atoms with E-state index in [0.717, 1.165) is 5.56 Å². The van der Waals surface area contributed by atoms with Gasteiger partial charge in [-0.25, -0.2) is 10.6 Å². The van der Waals surface area contributed by atoms with Crippen LogP contribution in [0.25, 0.3) is 6.08 Å².